The standard InChI is InChI=1S/C9H5IOS/c10-8-2-1-3-9-7(8)4-6(5-11)12-9/h1-5H. The van der Waals surface area contributed by atoms with Gasteiger partial charge in [0.05, 0.1) is 4.88 Å². The Hall–Kier alpha value is -0.420. The third-order valence-electron chi connectivity index (χ3n) is 1.64. The van der Waals surface area contributed by atoms with Crippen LogP contribution in [0.25, 0.3) is 10.1 Å². The Kier molecular flexibility index (Phi) is 2.14. The zero-order valence-corrected chi connectivity index (χ0v) is 9.06. The predicted octanol–water partition coefficient (Wildman–Crippen LogP) is 3.32. The molecule has 1 nitrogen and oxygen atoms in total. The van der Waals surface area contributed by atoms with E-state index >= 15 is 0 Å². The summed E-state index contributed by atoms with van der Waals surface area (Å²) in [5.74, 6) is 0. The number of hydrogen-bond donors (Lipinski definition) is 0. The second-order valence-corrected chi connectivity index (χ2v) is 4.70. The number of carbonyl (C=O) groups excluding carboxylic acids is 1. The first kappa shape index (κ1) is 8.19. The van der Waals surface area contributed by atoms with Gasteiger partial charge in [0.25, 0.3) is 0 Å². The van der Waals surface area contributed by atoms with Crippen molar-refractivity contribution in [1.29, 1.82) is 0 Å². The van der Waals surface area contributed by atoms with E-state index in [2.05, 4.69) is 22.6 Å². The van der Waals surface area contributed by atoms with Crippen molar-refractivity contribution in [3.8, 4) is 0 Å². The van der Waals surface area contributed by atoms with Crippen LogP contribution in [-0.2, 0) is 0 Å². The molecule has 0 saturated carbocycles. The molecule has 1 aromatic carbocycles. The number of fused-ring (bicyclic) bond motifs is 1. The molecule has 0 radical (unpaired) electrons. The number of halogens is 1. The largest absolute Gasteiger partial charge is 0.297 e. The van der Waals surface area contributed by atoms with E-state index in [1.165, 1.54) is 25.0 Å². The Morgan fingerprint density at radius 3 is 2.92 bits per heavy atom. The highest BCUT2D eigenvalue weighted by atomic mass is 127. The Labute approximate surface area is 87.5 Å². The molecule has 0 unspecified atom stereocenters. The van der Waals surface area contributed by atoms with Gasteiger partial charge in [0, 0.05) is 13.7 Å². The van der Waals surface area contributed by atoms with Crippen LogP contribution < -0.4 is 0 Å². The predicted molar refractivity (Wildman–Crippen MR) is 59.9 cm³/mol. The Morgan fingerprint density at radius 2 is 2.25 bits per heavy atom. The van der Waals surface area contributed by atoms with E-state index in [-0.39, 0.29) is 0 Å². The van der Waals surface area contributed by atoms with Crippen molar-refractivity contribution in [2.45, 2.75) is 0 Å². The molecule has 0 aliphatic rings. The lowest BCUT2D eigenvalue weighted by molar-refractivity contribution is 0.112. The van der Waals surface area contributed by atoms with Crippen LogP contribution >= 0.6 is 33.9 Å². The first-order valence-electron chi connectivity index (χ1n) is 3.44. The van der Waals surface area contributed by atoms with E-state index in [1.54, 1.807) is 0 Å². The summed E-state index contributed by atoms with van der Waals surface area (Å²) in [6.07, 6.45) is 0.904. The first-order valence-corrected chi connectivity index (χ1v) is 5.34. The maximum absolute atomic E-state index is 10.5. The molecule has 0 N–H and O–H groups in total. The molecule has 0 aliphatic heterocycles. The van der Waals surface area contributed by atoms with Gasteiger partial charge in [0.15, 0.2) is 6.29 Å². The zero-order valence-electron chi connectivity index (χ0n) is 6.08. The summed E-state index contributed by atoms with van der Waals surface area (Å²) in [4.78, 5) is 11.3. The molecule has 0 atom stereocenters. The van der Waals surface area contributed by atoms with Crippen LogP contribution in [0.4, 0.5) is 0 Å². The van der Waals surface area contributed by atoms with E-state index in [4.69, 9.17) is 0 Å². The second kappa shape index (κ2) is 3.14. The van der Waals surface area contributed by atoms with Crippen LogP contribution in [-0.4, -0.2) is 6.29 Å². The quantitative estimate of drug-likeness (QED) is 0.581. The van der Waals surface area contributed by atoms with Gasteiger partial charge in [-0.3, -0.25) is 4.79 Å². The van der Waals surface area contributed by atoms with Crippen LogP contribution in [0, 0.1) is 3.57 Å². The highest BCUT2D eigenvalue weighted by Crippen LogP contribution is 2.27. The zero-order chi connectivity index (χ0) is 8.55. The molecule has 0 saturated heterocycles. The molecule has 12 heavy (non-hydrogen) atoms. The maximum Gasteiger partial charge on any atom is 0.160 e. The van der Waals surface area contributed by atoms with Crippen LogP contribution in [0.5, 0.6) is 0 Å². The Balaban J connectivity index is 2.82. The molecule has 0 bridgehead atoms. The monoisotopic (exact) mass is 288 g/mol. The Bertz CT molecular complexity index is 433. The maximum atomic E-state index is 10.5. The summed E-state index contributed by atoms with van der Waals surface area (Å²) in [5, 5.41) is 1.19. The Morgan fingerprint density at radius 1 is 1.42 bits per heavy atom. The summed E-state index contributed by atoms with van der Waals surface area (Å²) >= 11 is 3.82. The van der Waals surface area contributed by atoms with Crippen LogP contribution in [0.3, 0.4) is 0 Å². The number of thiophene rings is 1. The third-order valence-corrected chi connectivity index (χ3v) is 3.61. The fraction of sp³-hybridized carbons (Fsp3) is 0. The minimum Gasteiger partial charge on any atom is -0.297 e. The van der Waals surface area contributed by atoms with Crippen LogP contribution in [0.1, 0.15) is 9.67 Å². The van der Waals surface area contributed by atoms with Crippen molar-refractivity contribution >= 4 is 50.3 Å². The number of carbonyl (C=O) groups is 1. The van der Waals surface area contributed by atoms with E-state index < -0.39 is 0 Å². The van der Waals surface area contributed by atoms with Crippen molar-refractivity contribution in [2.75, 3.05) is 0 Å². The molecule has 0 spiro atoms. The van der Waals surface area contributed by atoms with E-state index in [0.717, 1.165) is 11.2 Å². The lowest BCUT2D eigenvalue weighted by Gasteiger charge is -1.89. The van der Waals surface area contributed by atoms with Crippen molar-refractivity contribution in [1.82, 2.24) is 0 Å². The number of aldehydes is 1. The molecule has 60 valence electrons. The molecule has 1 aromatic heterocycles. The topological polar surface area (TPSA) is 17.1 Å². The number of rotatable bonds is 1. The van der Waals surface area contributed by atoms with E-state index in [1.807, 2.05) is 24.3 Å². The first-order chi connectivity index (χ1) is 5.81. The van der Waals surface area contributed by atoms with Gasteiger partial charge in [-0.1, -0.05) is 6.07 Å². The molecular formula is C9H5IOS. The molecule has 1 heterocycles. The van der Waals surface area contributed by atoms with Gasteiger partial charge in [-0.2, -0.15) is 0 Å². The number of hydrogen-bond acceptors (Lipinski definition) is 2. The average molecular weight is 288 g/mol. The third kappa shape index (κ3) is 1.27. The highest BCUT2D eigenvalue weighted by Gasteiger charge is 2.02. The van der Waals surface area contributed by atoms with Crippen molar-refractivity contribution in [3.63, 3.8) is 0 Å². The summed E-state index contributed by atoms with van der Waals surface area (Å²) in [6, 6.07) is 8.03. The van der Waals surface area contributed by atoms with E-state index in [0.29, 0.717) is 0 Å². The molecule has 3 heteroatoms. The fourth-order valence-electron chi connectivity index (χ4n) is 1.10. The SMILES string of the molecule is O=Cc1cc2c(I)cccc2s1. The highest BCUT2D eigenvalue weighted by molar-refractivity contribution is 14.1. The van der Waals surface area contributed by atoms with Gasteiger partial charge < -0.3 is 0 Å². The summed E-state index contributed by atoms with van der Waals surface area (Å²) < 4.78 is 2.39. The van der Waals surface area contributed by atoms with Crippen molar-refractivity contribution in [3.05, 3.63) is 32.7 Å². The van der Waals surface area contributed by atoms with Crippen molar-refractivity contribution in [2.24, 2.45) is 0 Å². The average Bonchev–Trinajstić information content (AvgIpc) is 2.49. The summed E-state index contributed by atoms with van der Waals surface area (Å²) in [7, 11) is 0. The summed E-state index contributed by atoms with van der Waals surface area (Å²) in [5.41, 5.74) is 0. The van der Waals surface area contributed by atoms with Crippen LogP contribution in [0.2, 0.25) is 0 Å². The molecule has 0 amide bonds. The minimum absolute atomic E-state index is 0.800. The normalized spacial score (nSPS) is 10.4. The smallest absolute Gasteiger partial charge is 0.160 e. The van der Waals surface area contributed by atoms with Gasteiger partial charge in [0.2, 0.25) is 0 Å². The van der Waals surface area contributed by atoms with Gasteiger partial charge in [0.1, 0.15) is 0 Å². The second-order valence-electron chi connectivity index (χ2n) is 2.42. The van der Waals surface area contributed by atoms with Gasteiger partial charge in [-0.25, -0.2) is 0 Å². The summed E-state index contributed by atoms with van der Waals surface area (Å²) in [6.45, 7) is 0. The fourth-order valence-corrected chi connectivity index (χ4v) is 2.84. The molecule has 0 fully saturated rings. The van der Waals surface area contributed by atoms with Gasteiger partial charge in [-0.15, -0.1) is 11.3 Å². The van der Waals surface area contributed by atoms with Gasteiger partial charge in [-0.05, 0) is 40.8 Å². The van der Waals surface area contributed by atoms with E-state index in [9.17, 15) is 4.79 Å². The minimum atomic E-state index is 0.800. The lowest BCUT2D eigenvalue weighted by Crippen LogP contribution is -1.69. The van der Waals surface area contributed by atoms with Crippen molar-refractivity contribution < 1.29 is 4.79 Å². The van der Waals surface area contributed by atoms with Gasteiger partial charge >= 0.3 is 0 Å². The number of benzene rings is 1. The van der Waals surface area contributed by atoms with Crippen LogP contribution in [0.15, 0.2) is 24.3 Å². The molecule has 2 rings (SSSR count). The molecular weight excluding hydrogens is 283 g/mol. The lowest BCUT2D eigenvalue weighted by atomic mass is 10.2. The molecule has 0 aliphatic carbocycles. The molecule has 2 aromatic rings.